The molecule has 1 heterocycles. The summed E-state index contributed by atoms with van der Waals surface area (Å²) in [6.07, 6.45) is 1.34. The first kappa shape index (κ1) is 21.0. The number of carbonyl (C=O) groups excluding carboxylic acids is 2. The number of benzene rings is 2. The average Bonchev–Trinajstić information content (AvgIpc) is 3.19. The minimum atomic E-state index is -3.63. The lowest BCUT2D eigenvalue weighted by Crippen LogP contribution is -2.45. The van der Waals surface area contributed by atoms with E-state index < -0.39 is 21.8 Å². The van der Waals surface area contributed by atoms with E-state index in [2.05, 4.69) is 10.6 Å². The van der Waals surface area contributed by atoms with Crippen molar-refractivity contribution in [2.45, 2.75) is 37.6 Å². The number of hydrogen-bond donors (Lipinski definition) is 2. The van der Waals surface area contributed by atoms with Crippen LogP contribution < -0.4 is 10.6 Å². The van der Waals surface area contributed by atoms with Crippen molar-refractivity contribution >= 4 is 27.5 Å². The summed E-state index contributed by atoms with van der Waals surface area (Å²) in [6.45, 7) is 4.37. The number of anilines is 1. The fourth-order valence-corrected chi connectivity index (χ4v) is 5.07. The van der Waals surface area contributed by atoms with Crippen LogP contribution in [0.25, 0.3) is 0 Å². The summed E-state index contributed by atoms with van der Waals surface area (Å²) >= 11 is 0. The Bertz CT molecular complexity index is 1010. The maximum Gasteiger partial charge on any atom is 0.313 e. The van der Waals surface area contributed by atoms with Gasteiger partial charge >= 0.3 is 11.8 Å². The van der Waals surface area contributed by atoms with Crippen molar-refractivity contribution in [1.82, 2.24) is 9.62 Å². The lowest BCUT2D eigenvalue weighted by molar-refractivity contribution is -0.136. The number of sulfonamides is 1. The molecule has 2 N–H and O–H groups in total. The Morgan fingerprint density at radius 2 is 1.76 bits per heavy atom. The van der Waals surface area contributed by atoms with E-state index >= 15 is 0 Å². The van der Waals surface area contributed by atoms with Crippen LogP contribution in [0, 0.1) is 13.8 Å². The molecule has 0 radical (unpaired) electrons. The molecular weight excluding hydrogens is 390 g/mol. The molecule has 1 aliphatic rings. The molecule has 1 aliphatic heterocycles. The molecule has 2 amide bonds. The van der Waals surface area contributed by atoms with Crippen molar-refractivity contribution < 1.29 is 18.0 Å². The predicted octanol–water partition coefficient (Wildman–Crippen LogP) is 2.21. The van der Waals surface area contributed by atoms with Crippen molar-refractivity contribution in [2.75, 3.05) is 18.4 Å². The number of hydrogen-bond acceptors (Lipinski definition) is 4. The van der Waals surface area contributed by atoms with E-state index in [0.717, 1.165) is 11.1 Å². The van der Waals surface area contributed by atoms with Gasteiger partial charge in [0.15, 0.2) is 0 Å². The van der Waals surface area contributed by atoms with Gasteiger partial charge in [0.25, 0.3) is 0 Å². The number of rotatable bonds is 5. The zero-order valence-electron chi connectivity index (χ0n) is 16.5. The summed E-state index contributed by atoms with van der Waals surface area (Å²) in [7, 11) is -3.63. The van der Waals surface area contributed by atoms with Gasteiger partial charge in [-0.05, 0) is 62.1 Å². The summed E-state index contributed by atoms with van der Waals surface area (Å²) in [5, 5.41) is 5.14. The summed E-state index contributed by atoms with van der Waals surface area (Å²) < 4.78 is 27.1. The van der Waals surface area contributed by atoms with E-state index in [-0.39, 0.29) is 17.5 Å². The molecule has 0 spiro atoms. The van der Waals surface area contributed by atoms with Crippen LogP contribution in [0.2, 0.25) is 0 Å². The smallest absolute Gasteiger partial charge is 0.313 e. The molecule has 29 heavy (non-hydrogen) atoms. The summed E-state index contributed by atoms with van der Waals surface area (Å²) in [4.78, 5) is 24.6. The molecule has 1 atom stereocenters. The highest BCUT2D eigenvalue weighted by Crippen LogP contribution is 2.25. The van der Waals surface area contributed by atoms with E-state index in [1.165, 1.54) is 4.31 Å². The van der Waals surface area contributed by atoms with Gasteiger partial charge in [0.1, 0.15) is 0 Å². The summed E-state index contributed by atoms with van der Waals surface area (Å²) in [5.74, 6) is -1.56. The first-order valence-electron chi connectivity index (χ1n) is 9.52. The van der Waals surface area contributed by atoms with Gasteiger partial charge in [0.05, 0.1) is 4.90 Å². The number of carbonyl (C=O) groups is 2. The summed E-state index contributed by atoms with van der Waals surface area (Å²) in [5.41, 5.74) is 2.65. The fraction of sp³-hybridized carbons (Fsp3) is 0.333. The van der Waals surface area contributed by atoms with Crippen LogP contribution in [0.15, 0.2) is 53.4 Å². The van der Waals surface area contributed by atoms with Crippen LogP contribution in [0.3, 0.4) is 0 Å². The molecule has 0 aromatic heterocycles. The highest BCUT2D eigenvalue weighted by Gasteiger charge is 2.35. The highest BCUT2D eigenvalue weighted by atomic mass is 32.2. The van der Waals surface area contributed by atoms with Crippen LogP contribution in [0.5, 0.6) is 0 Å². The van der Waals surface area contributed by atoms with Crippen molar-refractivity contribution in [3.8, 4) is 0 Å². The monoisotopic (exact) mass is 415 g/mol. The maximum absolute atomic E-state index is 12.9. The second-order valence-electron chi connectivity index (χ2n) is 7.19. The average molecular weight is 416 g/mol. The molecule has 154 valence electrons. The Morgan fingerprint density at radius 3 is 2.45 bits per heavy atom. The standard InChI is InChI=1S/C21H25N3O4S/c1-15-10-11-17(13-16(15)2)23-21(26)20(25)22-14-18-7-6-12-24(18)29(27,28)19-8-4-3-5-9-19/h3-5,8-11,13,18H,6-7,12,14H2,1-2H3,(H,22,25)(H,23,26). The molecule has 1 fully saturated rings. The Balaban J connectivity index is 1.60. The first-order chi connectivity index (χ1) is 13.8. The van der Waals surface area contributed by atoms with Crippen LogP contribution >= 0.6 is 0 Å². The van der Waals surface area contributed by atoms with Gasteiger partial charge in [-0.3, -0.25) is 9.59 Å². The van der Waals surface area contributed by atoms with Gasteiger partial charge in [-0.15, -0.1) is 0 Å². The third-order valence-electron chi connectivity index (χ3n) is 5.14. The predicted molar refractivity (Wildman–Crippen MR) is 111 cm³/mol. The molecule has 1 unspecified atom stereocenters. The van der Waals surface area contributed by atoms with Gasteiger partial charge < -0.3 is 10.6 Å². The quantitative estimate of drug-likeness (QED) is 0.732. The molecule has 7 nitrogen and oxygen atoms in total. The fourth-order valence-electron chi connectivity index (χ4n) is 3.36. The van der Waals surface area contributed by atoms with Gasteiger partial charge in [-0.2, -0.15) is 4.31 Å². The van der Waals surface area contributed by atoms with Crippen molar-refractivity contribution in [1.29, 1.82) is 0 Å². The zero-order valence-corrected chi connectivity index (χ0v) is 17.3. The van der Waals surface area contributed by atoms with Crippen LogP contribution in [0.1, 0.15) is 24.0 Å². The van der Waals surface area contributed by atoms with Gasteiger partial charge in [-0.1, -0.05) is 24.3 Å². The normalized spacial score (nSPS) is 17.1. The minimum Gasteiger partial charge on any atom is -0.346 e. The van der Waals surface area contributed by atoms with E-state index in [1.54, 1.807) is 42.5 Å². The molecule has 0 saturated carbocycles. The molecule has 0 aliphatic carbocycles. The molecule has 8 heteroatoms. The minimum absolute atomic E-state index is 0.0885. The number of nitrogens with zero attached hydrogens (tertiary/aromatic N) is 1. The van der Waals surface area contributed by atoms with Gasteiger partial charge in [0.2, 0.25) is 10.0 Å². The lowest BCUT2D eigenvalue weighted by atomic mass is 10.1. The lowest BCUT2D eigenvalue weighted by Gasteiger charge is -2.24. The zero-order chi connectivity index (χ0) is 21.0. The molecule has 3 rings (SSSR count). The van der Waals surface area contributed by atoms with Crippen molar-refractivity contribution in [3.05, 3.63) is 59.7 Å². The molecular formula is C21H25N3O4S. The number of aryl methyl sites for hydroxylation is 2. The topological polar surface area (TPSA) is 95.6 Å². The Hall–Kier alpha value is -2.71. The van der Waals surface area contributed by atoms with E-state index in [0.29, 0.717) is 25.1 Å². The Labute approximate surface area is 171 Å². The first-order valence-corrected chi connectivity index (χ1v) is 11.0. The SMILES string of the molecule is Cc1ccc(NC(=O)C(=O)NCC2CCCN2S(=O)(=O)c2ccccc2)cc1C. The number of nitrogens with one attached hydrogen (secondary N) is 2. The Kier molecular flexibility index (Phi) is 6.34. The molecule has 1 saturated heterocycles. The molecule has 2 aromatic carbocycles. The second-order valence-corrected chi connectivity index (χ2v) is 9.08. The van der Waals surface area contributed by atoms with E-state index in [4.69, 9.17) is 0 Å². The van der Waals surface area contributed by atoms with E-state index in [9.17, 15) is 18.0 Å². The maximum atomic E-state index is 12.9. The summed E-state index contributed by atoms with van der Waals surface area (Å²) in [6, 6.07) is 13.2. The Morgan fingerprint density at radius 1 is 1.03 bits per heavy atom. The highest BCUT2D eigenvalue weighted by molar-refractivity contribution is 7.89. The van der Waals surface area contributed by atoms with Gasteiger partial charge in [-0.25, -0.2) is 8.42 Å². The second kappa shape index (κ2) is 8.75. The van der Waals surface area contributed by atoms with Crippen LogP contribution in [-0.2, 0) is 19.6 Å². The molecule has 2 aromatic rings. The molecule has 0 bridgehead atoms. The third-order valence-corrected chi connectivity index (χ3v) is 7.11. The van der Waals surface area contributed by atoms with Crippen molar-refractivity contribution in [3.63, 3.8) is 0 Å². The third kappa shape index (κ3) is 4.83. The van der Waals surface area contributed by atoms with Crippen molar-refractivity contribution in [2.24, 2.45) is 0 Å². The van der Waals surface area contributed by atoms with E-state index in [1.807, 2.05) is 19.9 Å². The van der Waals surface area contributed by atoms with Crippen LogP contribution in [-0.4, -0.2) is 43.7 Å². The van der Waals surface area contributed by atoms with Gasteiger partial charge in [0, 0.05) is 24.8 Å². The number of amides is 2. The van der Waals surface area contributed by atoms with Crippen LogP contribution in [0.4, 0.5) is 5.69 Å². The largest absolute Gasteiger partial charge is 0.346 e.